The maximum Gasteiger partial charge on any atom is 0.309 e. The monoisotopic (exact) mass is 293 g/mol. The van der Waals surface area contributed by atoms with Crippen LogP contribution < -0.4 is 14.8 Å². The molecule has 2 rings (SSSR count). The molecule has 1 N–H and O–H groups in total. The quantitative estimate of drug-likeness (QED) is 0.810. The van der Waals surface area contributed by atoms with E-state index in [1.165, 1.54) is 14.2 Å². The Hall–Kier alpha value is -2.24. The third-order valence-electron chi connectivity index (χ3n) is 3.44. The number of amides is 1. The minimum Gasteiger partial charge on any atom is -0.497 e. The van der Waals surface area contributed by atoms with Crippen molar-refractivity contribution in [2.45, 2.75) is 13.3 Å². The van der Waals surface area contributed by atoms with Gasteiger partial charge in [0.1, 0.15) is 11.5 Å². The van der Waals surface area contributed by atoms with Crippen LogP contribution >= 0.6 is 0 Å². The Morgan fingerprint density at radius 1 is 1.29 bits per heavy atom. The molecule has 21 heavy (non-hydrogen) atoms. The average Bonchev–Trinajstić information content (AvgIpc) is 3.21. The number of ether oxygens (including phenoxy) is 3. The zero-order valence-corrected chi connectivity index (χ0v) is 12.3. The lowest BCUT2D eigenvalue weighted by Gasteiger charge is -2.11. The van der Waals surface area contributed by atoms with E-state index in [4.69, 9.17) is 14.2 Å². The second-order valence-electron chi connectivity index (χ2n) is 5.04. The lowest BCUT2D eigenvalue weighted by atomic mass is 10.2. The van der Waals surface area contributed by atoms with Crippen molar-refractivity contribution >= 4 is 17.6 Å². The Kier molecular flexibility index (Phi) is 4.67. The Bertz CT molecular complexity index is 543. The van der Waals surface area contributed by atoms with E-state index in [1.807, 2.05) is 6.92 Å². The highest BCUT2D eigenvalue weighted by Crippen LogP contribution is 2.38. The first-order valence-corrected chi connectivity index (χ1v) is 6.73. The van der Waals surface area contributed by atoms with Crippen molar-refractivity contribution in [3.8, 4) is 11.5 Å². The normalized spacial score (nSPS) is 19.6. The smallest absolute Gasteiger partial charge is 0.309 e. The van der Waals surface area contributed by atoms with Crippen molar-refractivity contribution in [3.05, 3.63) is 18.2 Å². The van der Waals surface area contributed by atoms with Crippen LogP contribution in [0.4, 0.5) is 5.69 Å². The topological polar surface area (TPSA) is 73.9 Å². The number of rotatable bonds is 6. The van der Waals surface area contributed by atoms with Gasteiger partial charge in [0.05, 0.1) is 25.8 Å². The van der Waals surface area contributed by atoms with Crippen molar-refractivity contribution < 1.29 is 23.8 Å². The number of carbonyl (C=O) groups is 2. The maximum absolute atomic E-state index is 11.8. The van der Waals surface area contributed by atoms with Gasteiger partial charge in [0.25, 0.3) is 5.91 Å². The molecule has 1 aromatic rings. The van der Waals surface area contributed by atoms with Gasteiger partial charge in [-0.15, -0.1) is 0 Å². The second kappa shape index (κ2) is 6.47. The molecule has 1 saturated carbocycles. The molecule has 0 unspecified atom stereocenters. The van der Waals surface area contributed by atoms with Crippen LogP contribution in [0.15, 0.2) is 18.2 Å². The van der Waals surface area contributed by atoms with Crippen molar-refractivity contribution in [2.24, 2.45) is 11.8 Å². The van der Waals surface area contributed by atoms with Crippen LogP contribution in [0.25, 0.3) is 0 Å². The number of methoxy groups -OCH3 is 2. The van der Waals surface area contributed by atoms with Crippen LogP contribution in [-0.4, -0.2) is 32.7 Å². The minimum absolute atomic E-state index is 0.0517. The molecular formula is C15H19NO5. The van der Waals surface area contributed by atoms with Gasteiger partial charge in [-0.05, 0) is 24.5 Å². The van der Waals surface area contributed by atoms with Gasteiger partial charge in [0.2, 0.25) is 0 Å². The summed E-state index contributed by atoms with van der Waals surface area (Å²) < 4.78 is 15.2. The van der Waals surface area contributed by atoms with Gasteiger partial charge in [-0.2, -0.15) is 0 Å². The van der Waals surface area contributed by atoms with E-state index in [9.17, 15) is 9.59 Å². The molecule has 0 heterocycles. The van der Waals surface area contributed by atoms with E-state index < -0.39 is 5.91 Å². The Labute approximate surface area is 123 Å². The van der Waals surface area contributed by atoms with Gasteiger partial charge in [0.15, 0.2) is 6.61 Å². The molecule has 2 atom stereocenters. The highest BCUT2D eigenvalue weighted by Gasteiger charge is 2.40. The van der Waals surface area contributed by atoms with E-state index in [0.29, 0.717) is 23.1 Å². The zero-order chi connectivity index (χ0) is 15.4. The van der Waals surface area contributed by atoms with Crippen molar-refractivity contribution in [3.63, 3.8) is 0 Å². The molecule has 0 bridgehead atoms. The number of benzene rings is 1. The molecule has 1 fully saturated rings. The molecule has 114 valence electrons. The lowest BCUT2D eigenvalue weighted by Crippen LogP contribution is -2.22. The zero-order valence-electron chi connectivity index (χ0n) is 12.3. The summed E-state index contributed by atoms with van der Waals surface area (Å²) in [6, 6.07) is 5.05. The second-order valence-corrected chi connectivity index (χ2v) is 5.04. The van der Waals surface area contributed by atoms with Crippen LogP contribution in [0.1, 0.15) is 13.3 Å². The molecule has 6 heteroatoms. The number of nitrogens with one attached hydrogen (secondary N) is 1. The van der Waals surface area contributed by atoms with Crippen molar-refractivity contribution in [2.75, 3.05) is 26.1 Å². The molecule has 0 radical (unpaired) electrons. The van der Waals surface area contributed by atoms with Gasteiger partial charge in [0, 0.05) is 6.07 Å². The number of hydrogen-bond donors (Lipinski definition) is 1. The molecule has 0 aliphatic heterocycles. The molecule has 1 aromatic carbocycles. The first-order valence-electron chi connectivity index (χ1n) is 6.73. The molecule has 0 spiro atoms. The van der Waals surface area contributed by atoms with E-state index in [-0.39, 0.29) is 18.5 Å². The van der Waals surface area contributed by atoms with Crippen LogP contribution in [0.5, 0.6) is 11.5 Å². The summed E-state index contributed by atoms with van der Waals surface area (Å²) in [7, 11) is 3.04. The molecule has 0 aromatic heterocycles. The molecule has 1 aliphatic carbocycles. The Morgan fingerprint density at radius 3 is 2.57 bits per heavy atom. The number of carbonyl (C=O) groups excluding carboxylic acids is 2. The van der Waals surface area contributed by atoms with Gasteiger partial charge in [-0.3, -0.25) is 9.59 Å². The number of hydrogen-bond acceptors (Lipinski definition) is 5. The fraction of sp³-hybridized carbons (Fsp3) is 0.467. The summed E-state index contributed by atoms with van der Waals surface area (Å²) in [5.41, 5.74) is 0.470. The lowest BCUT2D eigenvalue weighted by molar-refractivity contribution is -0.148. The van der Waals surface area contributed by atoms with Crippen molar-refractivity contribution in [1.82, 2.24) is 0 Å². The maximum atomic E-state index is 11.8. The highest BCUT2D eigenvalue weighted by atomic mass is 16.5. The SMILES string of the molecule is COc1ccc(OC)c(NC(=O)COC(=O)[C@@H]2C[C@H]2C)c1. The van der Waals surface area contributed by atoms with Crippen LogP contribution in [0, 0.1) is 11.8 Å². The summed E-state index contributed by atoms with van der Waals surface area (Å²) >= 11 is 0. The third kappa shape index (κ3) is 3.87. The van der Waals surface area contributed by atoms with E-state index in [2.05, 4.69) is 5.32 Å². The Morgan fingerprint density at radius 2 is 2.00 bits per heavy atom. The molecular weight excluding hydrogens is 274 g/mol. The predicted molar refractivity (Wildman–Crippen MR) is 76.4 cm³/mol. The molecule has 6 nitrogen and oxygen atoms in total. The van der Waals surface area contributed by atoms with Gasteiger partial charge < -0.3 is 19.5 Å². The van der Waals surface area contributed by atoms with Crippen LogP contribution in [0.3, 0.4) is 0 Å². The Balaban J connectivity index is 1.91. The number of anilines is 1. The van der Waals surface area contributed by atoms with Crippen LogP contribution in [-0.2, 0) is 14.3 Å². The summed E-state index contributed by atoms with van der Waals surface area (Å²) in [4.78, 5) is 23.4. The van der Waals surface area contributed by atoms with E-state index >= 15 is 0 Å². The largest absolute Gasteiger partial charge is 0.497 e. The average molecular weight is 293 g/mol. The van der Waals surface area contributed by atoms with Gasteiger partial charge in [-0.25, -0.2) is 0 Å². The van der Waals surface area contributed by atoms with Crippen LogP contribution in [0.2, 0.25) is 0 Å². The summed E-state index contributed by atoms with van der Waals surface area (Å²) in [5.74, 6) is 0.683. The first-order chi connectivity index (χ1) is 10.0. The third-order valence-corrected chi connectivity index (χ3v) is 3.44. The summed E-state index contributed by atoms with van der Waals surface area (Å²) in [6.07, 6.45) is 0.837. The highest BCUT2D eigenvalue weighted by molar-refractivity contribution is 5.94. The minimum atomic E-state index is -0.414. The predicted octanol–water partition coefficient (Wildman–Crippen LogP) is 1.84. The fourth-order valence-corrected chi connectivity index (χ4v) is 1.99. The standard InChI is InChI=1S/C15H19NO5/c1-9-6-11(9)15(18)21-8-14(17)16-12-7-10(19-2)4-5-13(12)20-3/h4-5,7,9,11H,6,8H2,1-3H3,(H,16,17)/t9-,11-/m1/s1. The molecule has 1 aliphatic rings. The summed E-state index contributed by atoms with van der Waals surface area (Å²) in [6.45, 7) is 1.68. The summed E-state index contributed by atoms with van der Waals surface area (Å²) in [5, 5.41) is 2.64. The number of esters is 1. The van der Waals surface area contributed by atoms with Gasteiger partial charge >= 0.3 is 5.97 Å². The van der Waals surface area contributed by atoms with E-state index in [1.54, 1.807) is 18.2 Å². The molecule has 0 saturated heterocycles. The first kappa shape index (κ1) is 15.2. The van der Waals surface area contributed by atoms with Gasteiger partial charge in [-0.1, -0.05) is 6.92 Å². The fourth-order valence-electron chi connectivity index (χ4n) is 1.99. The van der Waals surface area contributed by atoms with E-state index in [0.717, 1.165) is 6.42 Å². The van der Waals surface area contributed by atoms with Crippen molar-refractivity contribution in [1.29, 1.82) is 0 Å². The molecule has 1 amide bonds.